The van der Waals surface area contributed by atoms with E-state index in [-0.39, 0.29) is 11.9 Å². The molecule has 0 aliphatic carbocycles. The van der Waals surface area contributed by atoms with E-state index < -0.39 is 0 Å². The molecule has 0 saturated carbocycles. The summed E-state index contributed by atoms with van der Waals surface area (Å²) >= 11 is 3.40. The Bertz CT molecular complexity index is 995. The third-order valence-electron chi connectivity index (χ3n) is 5.55. The molecule has 0 spiro atoms. The Kier molecular flexibility index (Phi) is 4.84. The van der Waals surface area contributed by atoms with Crippen molar-refractivity contribution in [2.24, 2.45) is 5.10 Å². The highest BCUT2D eigenvalue weighted by Crippen LogP contribution is 2.35. The van der Waals surface area contributed by atoms with Crippen LogP contribution in [-0.2, 0) is 17.8 Å². The lowest BCUT2D eigenvalue weighted by molar-refractivity contribution is -0.908. The molecular formula is C22H22N3OS2+. The van der Waals surface area contributed by atoms with E-state index in [1.54, 1.807) is 27.7 Å². The normalized spacial score (nSPS) is 21.4. The Morgan fingerprint density at radius 2 is 1.89 bits per heavy atom. The Hall–Kier alpha value is -2.28. The summed E-state index contributed by atoms with van der Waals surface area (Å²) in [5, 5.41) is 10.7. The maximum atomic E-state index is 13.3. The average Bonchev–Trinajstić information content (AvgIpc) is 3.48. The van der Waals surface area contributed by atoms with Crippen LogP contribution in [0.15, 0.2) is 64.4 Å². The molecule has 2 aromatic heterocycles. The van der Waals surface area contributed by atoms with Gasteiger partial charge in [0.2, 0.25) is 0 Å². The molecule has 2 aliphatic heterocycles. The molecule has 2 atom stereocenters. The molecule has 0 saturated heterocycles. The van der Waals surface area contributed by atoms with Crippen LogP contribution in [0.3, 0.4) is 0 Å². The number of nitrogens with zero attached hydrogens (tertiary/aromatic N) is 2. The second-order valence-electron chi connectivity index (χ2n) is 7.37. The maximum Gasteiger partial charge on any atom is 0.298 e. The van der Waals surface area contributed by atoms with E-state index in [1.165, 1.54) is 20.9 Å². The van der Waals surface area contributed by atoms with Crippen molar-refractivity contribution in [1.29, 1.82) is 0 Å². The Labute approximate surface area is 172 Å². The van der Waals surface area contributed by atoms with Crippen LogP contribution in [0.25, 0.3) is 0 Å². The van der Waals surface area contributed by atoms with Crippen molar-refractivity contribution >= 4 is 34.3 Å². The molecule has 5 rings (SSSR count). The first-order chi connectivity index (χ1) is 13.8. The van der Waals surface area contributed by atoms with Crippen molar-refractivity contribution in [3.63, 3.8) is 0 Å². The van der Waals surface area contributed by atoms with Gasteiger partial charge >= 0.3 is 0 Å². The van der Waals surface area contributed by atoms with Crippen LogP contribution in [0.5, 0.6) is 0 Å². The van der Waals surface area contributed by atoms with Gasteiger partial charge in [0.05, 0.1) is 23.2 Å². The smallest absolute Gasteiger partial charge is 0.298 e. The minimum Gasteiger partial charge on any atom is -0.323 e. The summed E-state index contributed by atoms with van der Waals surface area (Å²) in [6.07, 6.45) is 1.84. The number of hydrazone groups is 1. The van der Waals surface area contributed by atoms with Gasteiger partial charge in [0.15, 0.2) is 6.54 Å². The van der Waals surface area contributed by atoms with Crippen molar-refractivity contribution in [3.05, 3.63) is 80.2 Å². The summed E-state index contributed by atoms with van der Waals surface area (Å²) in [7, 11) is 0. The number of benzene rings is 1. The molecule has 142 valence electrons. The fraction of sp³-hybridized carbons (Fsp3) is 0.273. The van der Waals surface area contributed by atoms with E-state index in [1.807, 2.05) is 6.07 Å². The van der Waals surface area contributed by atoms with Gasteiger partial charge in [-0.3, -0.25) is 4.79 Å². The lowest BCUT2D eigenvalue weighted by Gasteiger charge is -2.27. The minimum atomic E-state index is 0.0288. The average molecular weight is 409 g/mol. The zero-order valence-corrected chi connectivity index (χ0v) is 17.1. The van der Waals surface area contributed by atoms with Crippen LogP contribution in [0.4, 0.5) is 0 Å². The summed E-state index contributed by atoms with van der Waals surface area (Å²) in [6, 6.07) is 16.9. The molecule has 0 fully saturated rings. The first-order valence-electron chi connectivity index (χ1n) is 9.65. The molecule has 1 unspecified atom stereocenters. The molecule has 0 bridgehead atoms. The molecule has 2 aliphatic rings. The van der Waals surface area contributed by atoms with Gasteiger partial charge in [-0.25, -0.2) is 5.01 Å². The lowest BCUT2D eigenvalue weighted by Crippen LogP contribution is -3.12. The number of thiophene rings is 2. The summed E-state index contributed by atoms with van der Waals surface area (Å²) in [5.41, 5.74) is 3.82. The van der Waals surface area contributed by atoms with Crippen molar-refractivity contribution < 1.29 is 9.69 Å². The van der Waals surface area contributed by atoms with Crippen LogP contribution in [0.1, 0.15) is 33.3 Å². The largest absolute Gasteiger partial charge is 0.323 e. The highest BCUT2D eigenvalue weighted by molar-refractivity contribution is 7.12. The first-order valence-corrected chi connectivity index (χ1v) is 11.4. The molecule has 4 nitrogen and oxygen atoms in total. The molecule has 3 aromatic rings. The monoisotopic (exact) mass is 408 g/mol. The van der Waals surface area contributed by atoms with Gasteiger partial charge in [0, 0.05) is 23.3 Å². The van der Waals surface area contributed by atoms with Gasteiger partial charge in [-0.05, 0) is 28.5 Å². The van der Waals surface area contributed by atoms with Crippen molar-refractivity contribution in [2.75, 3.05) is 13.1 Å². The lowest BCUT2D eigenvalue weighted by atomic mass is 10.00. The molecule has 6 heteroatoms. The third-order valence-corrected chi connectivity index (χ3v) is 7.44. The predicted molar refractivity (Wildman–Crippen MR) is 114 cm³/mol. The molecule has 1 N–H and O–H groups in total. The number of rotatable bonds is 4. The molecular weight excluding hydrogens is 386 g/mol. The van der Waals surface area contributed by atoms with E-state index in [2.05, 4.69) is 53.2 Å². The molecule has 4 heterocycles. The highest BCUT2D eigenvalue weighted by atomic mass is 32.1. The highest BCUT2D eigenvalue weighted by Gasteiger charge is 2.36. The van der Waals surface area contributed by atoms with E-state index in [0.29, 0.717) is 6.54 Å². The number of amides is 1. The van der Waals surface area contributed by atoms with Crippen LogP contribution in [-0.4, -0.2) is 29.7 Å². The van der Waals surface area contributed by atoms with E-state index in [9.17, 15) is 4.79 Å². The van der Waals surface area contributed by atoms with Crippen molar-refractivity contribution in [3.8, 4) is 0 Å². The number of carbonyl (C=O) groups is 1. The summed E-state index contributed by atoms with van der Waals surface area (Å²) < 4.78 is 0. The number of quaternary nitrogens is 1. The SMILES string of the molecule is O=C(C[NH+]1CCc2ccccc2C1)N1N=C(c2cccs2)C[C@H]1c1cccs1. The standard InChI is InChI=1S/C22H21N3OS2/c26-22(15-24-10-9-16-5-1-2-6-17(16)14-24)25-19(21-8-4-12-28-21)13-18(23-25)20-7-3-11-27-20/h1-8,11-12,19H,9-10,13-15H2/p+1/t19-/m0/s1. The second kappa shape index (κ2) is 7.62. The van der Waals surface area contributed by atoms with Crippen LogP contribution in [0.2, 0.25) is 0 Å². The van der Waals surface area contributed by atoms with E-state index in [4.69, 9.17) is 5.10 Å². The van der Waals surface area contributed by atoms with Crippen molar-refractivity contribution in [1.82, 2.24) is 5.01 Å². The summed E-state index contributed by atoms with van der Waals surface area (Å²) in [5.74, 6) is 0.124. The van der Waals surface area contributed by atoms with Gasteiger partial charge in [-0.2, -0.15) is 5.10 Å². The van der Waals surface area contributed by atoms with Gasteiger partial charge in [0.1, 0.15) is 6.54 Å². The molecule has 28 heavy (non-hydrogen) atoms. The summed E-state index contributed by atoms with van der Waals surface area (Å²) in [4.78, 5) is 17.0. The first kappa shape index (κ1) is 17.8. The van der Waals surface area contributed by atoms with Gasteiger partial charge in [-0.15, -0.1) is 22.7 Å². The van der Waals surface area contributed by atoms with Crippen LogP contribution in [0, 0.1) is 0 Å². The topological polar surface area (TPSA) is 37.1 Å². The fourth-order valence-corrected chi connectivity index (χ4v) is 5.66. The van der Waals surface area contributed by atoms with Gasteiger partial charge < -0.3 is 4.90 Å². The number of hydrogen-bond donors (Lipinski definition) is 1. The quantitative estimate of drug-likeness (QED) is 0.708. The van der Waals surface area contributed by atoms with Gasteiger partial charge in [-0.1, -0.05) is 36.4 Å². The Morgan fingerprint density at radius 3 is 2.68 bits per heavy atom. The van der Waals surface area contributed by atoms with Crippen LogP contribution < -0.4 is 4.90 Å². The molecule has 0 radical (unpaired) electrons. The third kappa shape index (κ3) is 3.43. The van der Waals surface area contributed by atoms with Crippen molar-refractivity contribution in [2.45, 2.75) is 25.4 Å². The number of fused-ring (bicyclic) bond motifs is 1. The zero-order chi connectivity index (χ0) is 18.9. The van der Waals surface area contributed by atoms with E-state index in [0.717, 1.165) is 36.5 Å². The zero-order valence-electron chi connectivity index (χ0n) is 15.5. The predicted octanol–water partition coefficient (Wildman–Crippen LogP) is 3.13. The second-order valence-corrected chi connectivity index (χ2v) is 9.30. The molecule has 1 aromatic carbocycles. The Morgan fingerprint density at radius 1 is 1.07 bits per heavy atom. The number of carbonyl (C=O) groups excluding carboxylic acids is 1. The van der Waals surface area contributed by atoms with E-state index >= 15 is 0 Å². The maximum absolute atomic E-state index is 13.3. The summed E-state index contributed by atoms with van der Waals surface area (Å²) in [6.45, 7) is 2.42. The van der Waals surface area contributed by atoms with Gasteiger partial charge in [0.25, 0.3) is 5.91 Å². The Balaban J connectivity index is 1.36. The minimum absolute atomic E-state index is 0.0288. The fourth-order valence-electron chi connectivity index (χ4n) is 4.12. The number of nitrogens with one attached hydrogen (secondary N) is 1. The number of hydrogen-bond acceptors (Lipinski definition) is 4. The van der Waals surface area contributed by atoms with Crippen LogP contribution >= 0.6 is 22.7 Å². The molecule has 1 amide bonds.